The van der Waals surface area contributed by atoms with Gasteiger partial charge in [-0.1, -0.05) is 121 Å². The van der Waals surface area contributed by atoms with Crippen LogP contribution in [0.5, 0.6) is 0 Å². The van der Waals surface area contributed by atoms with Gasteiger partial charge >= 0.3 is 0 Å². The molecule has 11 rings (SSSR count). The summed E-state index contributed by atoms with van der Waals surface area (Å²) in [5.74, 6) is 0. The Morgan fingerprint density at radius 1 is 0.273 bits per heavy atom. The smallest absolute Gasteiger partial charge is 0.0542 e. The summed E-state index contributed by atoms with van der Waals surface area (Å²) in [6, 6.07) is 76.9. The van der Waals surface area contributed by atoms with Crippen molar-refractivity contribution in [2.75, 3.05) is 4.90 Å². The van der Waals surface area contributed by atoms with Gasteiger partial charge in [-0.2, -0.15) is 0 Å². The summed E-state index contributed by atoms with van der Waals surface area (Å²) in [7, 11) is 0. The zero-order valence-electron chi connectivity index (χ0n) is 30.0. The number of nitrogens with zero attached hydrogens (tertiary/aromatic N) is 3. The van der Waals surface area contributed by atoms with Crippen LogP contribution in [0.1, 0.15) is 0 Å². The summed E-state index contributed by atoms with van der Waals surface area (Å²) in [5, 5.41) is 7.41. The molecular weight excluding hydrogens is 667 g/mol. The molecule has 2 heterocycles. The van der Waals surface area contributed by atoms with Crippen molar-refractivity contribution >= 4 is 71.4 Å². The third-order valence-corrected chi connectivity index (χ3v) is 11.1. The maximum absolute atomic E-state index is 2.39. The van der Waals surface area contributed by atoms with E-state index in [1.165, 1.54) is 71.2 Å². The van der Waals surface area contributed by atoms with E-state index >= 15 is 0 Å². The molecule has 0 fully saturated rings. The second-order valence-corrected chi connectivity index (χ2v) is 14.2. The van der Waals surface area contributed by atoms with Crippen molar-refractivity contribution in [2.45, 2.75) is 0 Å². The van der Waals surface area contributed by atoms with Gasteiger partial charge in [0.25, 0.3) is 0 Å². The van der Waals surface area contributed by atoms with E-state index in [0.29, 0.717) is 0 Å². The molecule has 258 valence electrons. The lowest BCUT2D eigenvalue weighted by Gasteiger charge is -2.26. The Kier molecular flexibility index (Phi) is 7.17. The second-order valence-electron chi connectivity index (χ2n) is 14.2. The van der Waals surface area contributed by atoms with Gasteiger partial charge in [0.1, 0.15) is 0 Å². The average molecular weight is 702 g/mol. The lowest BCUT2D eigenvalue weighted by atomic mass is 10.0. The van der Waals surface area contributed by atoms with Gasteiger partial charge in [-0.25, -0.2) is 0 Å². The number of para-hydroxylation sites is 4. The van der Waals surface area contributed by atoms with Crippen molar-refractivity contribution in [3.63, 3.8) is 0 Å². The minimum atomic E-state index is 1.10. The lowest BCUT2D eigenvalue weighted by Crippen LogP contribution is -2.10. The zero-order chi connectivity index (χ0) is 36.3. The molecule has 0 amide bonds. The Morgan fingerprint density at radius 2 is 0.727 bits per heavy atom. The molecule has 0 aliphatic heterocycles. The molecule has 0 unspecified atom stereocenters. The van der Waals surface area contributed by atoms with E-state index in [1.54, 1.807) is 0 Å². The molecule has 2 aromatic heterocycles. The van der Waals surface area contributed by atoms with Crippen LogP contribution in [-0.2, 0) is 0 Å². The Balaban J connectivity index is 1.05. The monoisotopic (exact) mass is 701 g/mol. The molecule has 0 bridgehead atoms. The summed E-state index contributed by atoms with van der Waals surface area (Å²) in [4.78, 5) is 2.39. The Labute approximate surface area is 319 Å². The maximum atomic E-state index is 2.39. The Bertz CT molecular complexity index is 3190. The molecular formula is C52H35N3. The van der Waals surface area contributed by atoms with Crippen LogP contribution in [0.4, 0.5) is 17.1 Å². The molecule has 55 heavy (non-hydrogen) atoms. The number of rotatable bonds is 6. The van der Waals surface area contributed by atoms with Crippen LogP contribution in [-0.4, -0.2) is 9.13 Å². The molecule has 0 aliphatic carbocycles. The third-order valence-electron chi connectivity index (χ3n) is 11.1. The molecule has 3 nitrogen and oxygen atoms in total. The van der Waals surface area contributed by atoms with Gasteiger partial charge in [-0.15, -0.1) is 0 Å². The summed E-state index contributed by atoms with van der Waals surface area (Å²) in [6.07, 6.45) is 0. The van der Waals surface area contributed by atoms with Crippen LogP contribution in [0.3, 0.4) is 0 Å². The summed E-state index contributed by atoms with van der Waals surface area (Å²) in [6.45, 7) is 0. The molecule has 0 spiro atoms. The highest BCUT2D eigenvalue weighted by Gasteiger charge is 2.19. The zero-order valence-corrected chi connectivity index (χ0v) is 30.0. The number of anilines is 3. The van der Waals surface area contributed by atoms with Crippen LogP contribution in [0.15, 0.2) is 212 Å². The van der Waals surface area contributed by atoms with Gasteiger partial charge < -0.3 is 14.0 Å². The van der Waals surface area contributed by atoms with Crippen LogP contribution in [0.2, 0.25) is 0 Å². The molecule has 9 aromatic carbocycles. The minimum Gasteiger partial charge on any atom is -0.310 e. The summed E-state index contributed by atoms with van der Waals surface area (Å²) >= 11 is 0. The second kappa shape index (κ2) is 12.6. The van der Waals surface area contributed by atoms with Crippen molar-refractivity contribution in [1.29, 1.82) is 0 Å². The molecule has 0 saturated heterocycles. The van der Waals surface area contributed by atoms with Crippen LogP contribution < -0.4 is 4.90 Å². The Hall–Kier alpha value is -7.36. The van der Waals surface area contributed by atoms with Crippen LogP contribution in [0, 0.1) is 0 Å². The van der Waals surface area contributed by atoms with Gasteiger partial charge in [0, 0.05) is 50.0 Å². The Morgan fingerprint density at radius 3 is 1.38 bits per heavy atom. The van der Waals surface area contributed by atoms with E-state index in [-0.39, 0.29) is 0 Å². The highest BCUT2D eigenvalue weighted by molar-refractivity contribution is 6.12. The van der Waals surface area contributed by atoms with E-state index in [9.17, 15) is 0 Å². The molecule has 3 heteroatoms. The molecule has 0 atom stereocenters. The van der Waals surface area contributed by atoms with Crippen molar-refractivity contribution < 1.29 is 0 Å². The quantitative estimate of drug-likeness (QED) is 0.168. The van der Waals surface area contributed by atoms with E-state index in [4.69, 9.17) is 0 Å². The SMILES string of the molecule is c1ccc(-n2c3ccccc3c3cc(-c4ccc(N(c5ccc6ccccc6c5)c5ccc6c(c5)c5ccccc5n6-c5ccccc5)cc4)ccc32)cc1. The topological polar surface area (TPSA) is 13.1 Å². The first kappa shape index (κ1) is 31.2. The number of hydrogen-bond acceptors (Lipinski definition) is 1. The van der Waals surface area contributed by atoms with Gasteiger partial charge in [-0.3, -0.25) is 0 Å². The van der Waals surface area contributed by atoms with E-state index < -0.39 is 0 Å². The van der Waals surface area contributed by atoms with Crippen LogP contribution in [0.25, 0.3) is 76.9 Å². The van der Waals surface area contributed by atoms with E-state index in [2.05, 4.69) is 226 Å². The van der Waals surface area contributed by atoms with Gasteiger partial charge in [0.15, 0.2) is 0 Å². The number of fused-ring (bicyclic) bond motifs is 7. The van der Waals surface area contributed by atoms with Crippen LogP contribution >= 0.6 is 0 Å². The standard InChI is InChI=1S/C52H35N3/c1-3-15-40(16-4-1)54-49-21-11-9-19-45(49)47-34-39(26-31-51(47)54)37-23-27-42(28-24-37)53(43-29-25-36-13-7-8-14-38(36)33-43)44-30-32-52-48(35-44)46-20-10-12-22-50(46)55(52)41-17-5-2-6-18-41/h1-35H. The molecule has 0 radical (unpaired) electrons. The number of aromatic nitrogens is 2. The third kappa shape index (κ3) is 5.13. The van der Waals surface area contributed by atoms with Crippen molar-refractivity contribution in [3.8, 4) is 22.5 Å². The first-order valence-electron chi connectivity index (χ1n) is 18.9. The first-order valence-corrected chi connectivity index (χ1v) is 18.9. The fourth-order valence-corrected chi connectivity index (χ4v) is 8.53. The van der Waals surface area contributed by atoms with Crippen molar-refractivity contribution in [1.82, 2.24) is 9.13 Å². The first-order chi connectivity index (χ1) is 27.3. The van der Waals surface area contributed by atoms with Gasteiger partial charge in [-0.05, 0) is 113 Å². The highest BCUT2D eigenvalue weighted by atomic mass is 15.1. The predicted molar refractivity (Wildman–Crippen MR) is 233 cm³/mol. The van der Waals surface area contributed by atoms with Gasteiger partial charge in [0.05, 0.1) is 22.1 Å². The highest BCUT2D eigenvalue weighted by Crippen LogP contribution is 2.42. The van der Waals surface area contributed by atoms with E-state index in [1.807, 2.05) is 0 Å². The summed E-state index contributed by atoms with van der Waals surface area (Å²) < 4.78 is 4.74. The van der Waals surface area contributed by atoms with Gasteiger partial charge in [0.2, 0.25) is 0 Å². The predicted octanol–water partition coefficient (Wildman–Crippen LogP) is 14.2. The molecule has 0 saturated carbocycles. The lowest BCUT2D eigenvalue weighted by molar-refractivity contribution is 1.18. The summed E-state index contributed by atoms with van der Waals surface area (Å²) in [5.41, 5.74) is 12.9. The number of benzene rings is 9. The minimum absolute atomic E-state index is 1.10. The molecule has 0 N–H and O–H groups in total. The van der Waals surface area contributed by atoms with E-state index in [0.717, 1.165) is 22.7 Å². The molecule has 11 aromatic rings. The average Bonchev–Trinajstić information content (AvgIpc) is 3.77. The maximum Gasteiger partial charge on any atom is 0.0542 e. The van der Waals surface area contributed by atoms with Crippen molar-refractivity contribution in [3.05, 3.63) is 212 Å². The normalized spacial score (nSPS) is 11.6. The fourth-order valence-electron chi connectivity index (χ4n) is 8.53. The molecule has 0 aliphatic rings. The van der Waals surface area contributed by atoms with Crippen molar-refractivity contribution in [2.24, 2.45) is 0 Å². The largest absolute Gasteiger partial charge is 0.310 e. The number of hydrogen-bond donors (Lipinski definition) is 0. The fraction of sp³-hybridized carbons (Fsp3) is 0.